The predicted molar refractivity (Wildman–Crippen MR) is 122 cm³/mol. The van der Waals surface area contributed by atoms with Crippen LogP contribution in [0.15, 0.2) is 84.9 Å². The van der Waals surface area contributed by atoms with E-state index in [1.807, 2.05) is 6.07 Å². The Bertz CT molecular complexity index is 1340. The number of hydrogen-bond acceptors (Lipinski definition) is 4. The lowest BCUT2D eigenvalue weighted by Gasteiger charge is -2.15. The molecule has 0 unspecified atom stereocenters. The summed E-state index contributed by atoms with van der Waals surface area (Å²) in [5, 5.41) is 2.81. The Labute approximate surface area is 186 Å². The summed E-state index contributed by atoms with van der Waals surface area (Å²) >= 11 is 1.29. The van der Waals surface area contributed by atoms with Crippen LogP contribution in [-0.2, 0) is 0 Å². The first kappa shape index (κ1) is 19.8. The minimum Gasteiger partial charge on any atom is -0.321 e. The van der Waals surface area contributed by atoms with E-state index in [2.05, 4.69) is 5.32 Å². The molecule has 3 aromatic carbocycles. The molecule has 7 heteroatoms. The Morgan fingerprint density at radius 1 is 0.812 bits per heavy atom. The molecule has 0 saturated carbocycles. The van der Waals surface area contributed by atoms with Gasteiger partial charge in [0.1, 0.15) is 5.82 Å². The van der Waals surface area contributed by atoms with E-state index < -0.39 is 11.8 Å². The van der Waals surface area contributed by atoms with E-state index >= 15 is 0 Å². The number of benzene rings is 3. The molecule has 2 heterocycles. The number of thiophene rings is 1. The zero-order chi connectivity index (χ0) is 22.2. The summed E-state index contributed by atoms with van der Waals surface area (Å²) in [5.74, 6) is -1.42. The van der Waals surface area contributed by atoms with E-state index in [1.165, 1.54) is 23.5 Å². The highest BCUT2D eigenvalue weighted by molar-refractivity contribution is 7.17. The van der Waals surface area contributed by atoms with Crippen LogP contribution < -0.4 is 10.2 Å². The first-order valence-corrected chi connectivity index (χ1v) is 10.6. The summed E-state index contributed by atoms with van der Waals surface area (Å²) in [5.41, 5.74) is 2.38. The fraction of sp³-hybridized carbons (Fsp3) is 0. The van der Waals surface area contributed by atoms with Crippen molar-refractivity contribution in [3.63, 3.8) is 0 Å². The van der Waals surface area contributed by atoms with E-state index in [4.69, 9.17) is 0 Å². The van der Waals surface area contributed by atoms with Gasteiger partial charge in [-0.3, -0.25) is 14.4 Å². The third kappa shape index (κ3) is 3.48. The molecule has 3 amide bonds. The summed E-state index contributed by atoms with van der Waals surface area (Å²) in [7, 11) is 0. The second-order valence-corrected chi connectivity index (χ2v) is 8.25. The lowest BCUT2D eigenvalue weighted by Crippen LogP contribution is -2.29. The number of carbonyl (C=O) groups excluding carboxylic acids is 3. The first-order valence-electron chi connectivity index (χ1n) is 9.76. The molecular weight excluding hydrogens is 427 g/mol. The Morgan fingerprint density at radius 3 is 2.19 bits per heavy atom. The molecule has 156 valence electrons. The molecule has 1 N–H and O–H groups in total. The van der Waals surface area contributed by atoms with Crippen molar-refractivity contribution in [2.45, 2.75) is 0 Å². The molecule has 5 nitrogen and oxygen atoms in total. The zero-order valence-corrected chi connectivity index (χ0v) is 17.4. The number of nitrogens with zero attached hydrogens (tertiary/aromatic N) is 1. The number of carbonyl (C=O) groups is 3. The largest absolute Gasteiger partial charge is 0.321 e. The monoisotopic (exact) mass is 442 g/mol. The molecule has 0 spiro atoms. The van der Waals surface area contributed by atoms with Gasteiger partial charge in [0.15, 0.2) is 0 Å². The maximum absolute atomic E-state index is 13.1. The Morgan fingerprint density at radius 2 is 1.50 bits per heavy atom. The van der Waals surface area contributed by atoms with Crippen LogP contribution in [0.1, 0.15) is 30.4 Å². The van der Waals surface area contributed by atoms with Gasteiger partial charge in [-0.1, -0.05) is 30.3 Å². The maximum Gasteiger partial charge on any atom is 0.266 e. The molecule has 0 bridgehead atoms. The van der Waals surface area contributed by atoms with Gasteiger partial charge in [-0.25, -0.2) is 9.29 Å². The van der Waals surface area contributed by atoms with Crippen molar-refractivity contribution in [3.05, 3.63) is 107 Å². The smallest absolute Gasteiger partial charge is 0.266 e. The highest BCUT2D eigenvalue weighted by Crippen LogP contribution is 2.31. The molecule has 1 aliphatic heterocycles. The van der Waals surface area contributed by atoms with Gasteiger partial charge in [0.05, 0.1) is 21.7 Å². The SMILES string of the molecule is O=C(Nc1cccc(N2C(=O)c3ccccc3C2=O)c1)c1ccc(-c2ccc(F)cc2)s1. The van der Waals surface area contributed by atoms with E-state index in [0.29, 0.717) is 27.4 Å². The summed E-state index contributed by atoms with van der Waals surface area (Å²) in [6.45, 7) is 0. The Hall–Kier alpha value is -4.10. The van der Waals surface area contributed by atoms with E-state index in [0.717, 1.165) is 15.3 Å². The topological polar surface area (TPSA) is 66.5 Å². The van der Waals surface area contributed by atoms with Gasteiger partial charge >= 0.3 is 0 Å². The molecule has 0 atom stereocenters. The van der Waals surface area contributed by atoms with Crippen molar-refractivity contribution in [3.8, 4) is 10.4 Å². The van der Waals surface area contributed by atoms with Gasteiger partial charge < -0.3 is 5.32 Å². The van der Waals surface area contributed by atoms with Crippen molar-refractivity contribution in [1.29, 1.82) is 0 Å². The van der Waals surface area contributed by atoms with Crippen LogP contribution in [0.2, 0.25) is 0 Å². The average Bonchev–Trinajstić information content (AvgIpc) is 3.39. The predicted octanol–water partition coefficient (Wildman–Crippen LogP) is 5.61. The van der Waals surface area contributed by atoms with Crippen LogP contribution in [0.3, 0.4) is 0 Å². The van der Waals surface area contributed by atoms with Gasteiger partial charge in [-0.2, -0.15) is 0 Å². The highest BCUT2D eigenvalue weighted by Gasteiger charge is 2.36. The lowest BCUT2D eigenvalue weighted by atomic mass is 10.1. The van der Waals surface area contributed by atoms with Gasteiger partial charge in [-0.15, -0.1) is 11.3 Å². The number of amides is 3. The van der Waals surface area contributed by atoms with Crippen LogP contribution >= 0.6 is 11.3 Å². The molecule has 0 fully saturated rings. The molecule has 32 heavy (non-hydrogen) atoms. The fourth-order valence-corrected chi connectivity index (χ4v) is 4.48. The number of nitrogens with one attached hydrogen (secondary N) is 1. The summed E-state index contributed by atoms with van der Waals surface area (Å²) in [6.07, 6.45) is 0. The van der Waals surface area contributed by atoms with E-state index in [-0.39, 0.29) is 11.7 Å². The normalized spacial score (nSPS) is 12.7. The van der Waals surface area contributed by atoms with Crippen molar-refractivity contribution in [2.24, 2.45) is 0 Å². The summed E-state index contributed by atoms with van der Waals surface area (Å²) < 4.78 is 13.1. The Kier molecular flexibility index (Phi) is 4.88. The van der Waals surface area contributed by atoms with Crippen molar-refractivity contribution < 1.29 is 18.8 Å². The minimum absolute atomic E-state index is 0.317. The van der Waals surface area contributed by atoms with E-state index in [9.17, 15) is 18.8 Å². The van der Waals surface area contributed by atoms with Gasteiger partial charge in [-0.05, 0) is 60.2 Å². The van der Waals surface area contributed by atoms with Crippen LogP contribution in [0.5, 0.6) is 0 Å². The third-order valence-corrected chi connectivity index (χ3v) is 6.25. The third-order valence-electron chi connectivity index (χ3n) is 5.11. The molecule has 5 rings (SSSR count). The minimum atomic E-state index is -0.392. The van der Waals surface area contributed by atoms with Crippen LogP contribution in [0.4, 0.5) is 15.8 Å². The number of imide groups is 1. The maximum atomic E-state index is 13.1. The van der Waals surface area contributed by atoms with Gasteiger partial charge in [0.25, 0.3) is 17.7 Å². The number of fused-ring (bicyclic) bond motifs is 1. The molecule has 4 aromatic rings. The lowest BCUT2D eigenvalue weighted by molar-refractivity contribution is 0.0925. The standard InChI is InChI=1S/C25H15FN2O3S/c26-16-10-8-15(9-11-16)21-12-13-22(32-21)23(29)27-17-4-3-5-18(14-17)28-24(30)19-6-1-2-7-20(19)25(28)31/h1-14H,(H,27,29). The van der Waals surface area contributed by atoms with E-state index in [1.54, 1.807) is 66.7 Å². The second kappa shape index (κ2) is 7.86. The van der Waals surface area contributed by atoms with Gasteiger partial charge in [0.2, 0.25) is 0 Å². The van der Waals surface area contributed by atoms with Crippen molar-refractivity contribution >= 4 is 40.4 Å². The number of halogens is 1. The van der Waals surface area contributed by atoms with Gasteiger partial charge in [0, 0.05) is 10.6 Å². The molecule has 0 saturated heterocycles. The fourth-order valence-electron chi connectivity index (χ4n) is 3.57. The molecule has 0 aliphatic carbocycles. The van der Waals surface area contributed by atoms with Crippen LogP contribution in [0, 0.1) is 5.82 Å². The zero-order valence-electron chi connectivity index (χ0n) is 16.5. The van der Waals surface area contributed by atoms with Crippen LogP contribution in [-0.4, -0.2) is 17.7 Å². The number of anilines is 2. The summed E-state index contributed by atoms with van der Waals surface area (Å²) in [4.78, 5) is 40.6. The quantitative estimate of drug-likeness (QED) is 0.418. The average molecular weight is 442 g/mol. The van der Waals surface area contributed by atoms with Crippen molar-refractivity contribution in [1.82, 2.24) is 0 Å². The Balaban J connectivity index is 1.36. The molecule has 1 aromatic heterocycles. The first-order chi connectivity index (χ1) is 15.5. The highest BCUT2D eigenvalue weighted by atomic mass is 32.1. The number of rotatable bonds is 4. The summed E-state index contributed by atoms with van der Waals surface area (Å²) in [6, 6.07) is 22.9. The number of hydrogen-bond donors (Lipinski definition) is 1. The molecule has 0 radical (unpaired) electrons. The molecular formula is C25H15FN2O3S. The second-order valence-electron chi connectivity index (χ2n) is 7.17. The van der Waals surface area contributed by atoms with Crippen molar-refractivity contribution in [2.75, 3.05) is 10.2 Å². The van der Waals surface area contributed by atoms with Crippen LogP contribution in [0.25, 0.3) is 10.4 Å². The molecule has 1 aliphatic rings.